The van der Waals surface area contributed by atoms with Crippen LogP contribution in [0.3, 0.4) is 0 Å². The summed E-state index contributed by atoms with van der Waals surface area (Å²) >= 11 is 11.9. The van der Waals surface area contributed by atoms with Gasteiger partial charge in [0.1, 0.15) is 0 Å². The number of thiocarbonyl (C=S) groups is 1. The molecule has 2 atom stereocenters. The number of halogens is 1. The minimum absolute atomic E-state index is 0.0314. The van der Waals surface area contributed by atoms with Crippen LogP contribution in [-0.4, -0.2) is 28.4 Å². The molecule has 30 heavy (non-hydrogen) atoms. The molecule has 0 saturated carbocycles. The van der Waals surface area contributed by atoms with Gasteiger partial charge < -0.3 is 19.5 Å². The van der Waals surface area contributed by atoms with E-state index in [0.29, 0.717) is 16.7 Å². The molecule has 5 nitrogen and oxygen atoms in total. The van der Waals surface area contributed by atoms with E-state index < -0.39 is 0 Å². The molecule has 3 aromatic rings. The zero-order valence-corrected chi connectivity index (χ0v) is 18.9. The number of pyridine rings is 1. The molecule has 1 fully saturated rings. The van der Waals surface area contributed by atoms with Gasteiger partial charge in [-0.25, -0.2) is 0 Å². The summed E-state index contributed by atoms with van der Waals surface area (Å²) in [5, 5.41) is 4.89. The van der Waals surface area contributed by atoms with Crippen LogP contribution in [0.15, 0.2) is 54.7 Å². The summed E-state index contributed by atoms with van der Waals surface area (Å²) in [4.78, 5) is 6.80. The lowest BCUT2D eigenvalue weighted by molar-refractivity contribution is 0.186. The average molecular weight is 441 g/mol. The van der Waals surface area contributed by atoms with Crippen molar-refractivity contribution in [2.45, 2.75) is 32.5 Å². The molecule has 1 saturated heterocycles. The lowest BCUT2D eigenvalue weighted by atomic mass is 9.96. The highest BCUT2D eigenvalue weighted by Gasteiger charge is 2.42. The van der Waals surface area contributed by atoms with Gasteiger partial charge in [0.2, 0.25) is 0 Å². The maximum absolute atomic E-state index is 6.14. The maximum atomic E-state index is 6.14. The third-order valence-electron chi connectivity index (χ3n) is 5.65. The molecular weight excluding hydrogens is 416 g/mol. The number of hydrogen-bond donors (Lipinski definition) is 1. The van der Waals surface area contributed by atoms with E-state index in [4.69, 9.17) is 28.6 Å². The van der Waals surface area contributed by atoms with Crippen molar-refractivity contribution in [2.75, 3.05) is 18.6 Å². The first-order valence-electron chi connectivity index (χ1n) is 9.93. The number of methoxy groups -OCH3 is 1. The summed E-state index contributed by atoms with van der Waals surface area (Å²) in [5.74, 6) is 0. The smallest absolute Gasteiger partial charge is 0.174 e. The average Bonchev–Trinajstić information content (AvgIpc) is 3.23. The fraction of sp³-hybridized carbons (Fsp3) is 0.304. The Bertz CT molecular complexity index is 1040. The summed E-state index contributed by atoms with van der Waals surface area (Å²) in [7, 11) is 1.73. The molecule has 0 unspecified atom stereocenters. The van der Waals surface area contributed by atoms with Crippen LogP contribution in [-0.2, 0) is 11.3 Å². The van der Waals surface area contributed by atoms with Crippen LogP contribution < -0.4 is 10.2 Å². The second-order valence-electron chi connectivity index (χ2n) is 7.44. The molecule has 1 aliphatic heterocycles. The zero-order valence-electron chi connectivity index (χ0n) is 17.3. The number of hydrogen-bond acceptors (Lipinski definition) is 3. The molecule has 0 spiro atoms. The molecule has 0 radical (unpaired) electrons. The second kappa shape index (κ2) is 8.76. The Morgan fingerprint density at radius 3 is 2.60 bits per heavy atom. The van der Waals surface area contributed by atoms with Crippen LogP contribution >= 0.6 is 23.8 Å². The van der Waals surface area contributed by atoms with Crippen molar-refractivity contribution >= 4 is 34.6 Å². The molecule has 0 bridgehead atoms. The Morgan fingerprint density at radius 2 is 1.93 bits per heavy atom. The van der Waals surface area contributed by atoms with Crippen molar-refractivity contribution < 1.29 is 4.74 Å². The Morgan fingerprint density at radius 1 is 1.17 bits per heavy atom. The number of rotatable bonds is 6. The van der Waals surface area contributed by atoms with Gasteiger partial charge in [-0.05, 0) is 74.1 Å². The Hall–Kier alpha value is -2.41. The van der Waals surface area contributed by atoms with E-state index in [9.17, 15) is 0 Å². The third-order valence-corrected chi connectivity index (χ3v) is 6.22. The Labute approximate surface area is 187 Å². The summed E-state index contributed by atoms with van der Waals surface area (Å²) < 4.78 is 7.61. The molecule has 0 aliphatic carbocycles. The number of aryl methyl sites for hydroxylation is 1. The number of nitrogens with one attached hydrogen (secondary N) is 1. The monoisotopic (exact) mass is 440 g/mol. The molecule has 1 aliphatic rings. The summed E-state index contributed by atoms with van der Waals surface area (Å²) in [6.45, 7) is 5.78. The predicted molar refractivity (Wildman–Crippen MR) is 125 cm³/mol. The number of nitrogens with zero attached hydrogens (tertiary/aromatic N) is 3. The van der Waals surface area contributed by atoms with Gasteiger partial charge in [0.15, 0.2) is 5.11 Å². The number of benzene rings is 1. The van der Waals surface area contributed by atoms with E-state index in [0.717, 1.165) is 17.9 Å². The second-order valence-corrected chi connectivity index (χ2v) is 8.27. The maximum Gasteiger partial charge on any atom is 0.174 e. The van der Waals surface area contributed by atoms with Crippen LogP contribution in [0, 0.1) is 13.8 Å². The first-order valence-corrected chi connectivity index (χ1v) is 10.7. The summed E-state index contributed by atoms with van der Waals surface area (Å²) in [5.41, 5.74) is 5.60. The van der Waals surface area contributed by atoms with Crippen molar-refractivity contribution in [3.8, 4) is 0 Å². The number of aromatic nitrogens is 2. The Balaban J connectivity index is 1.83. The van der Waals surface area contributed by atoms with Crippen LogP contribution in [0.5, 0.6) is 0 Å². The van der Waals surface area contributed by atoms with Crippen molar-refractivity contribution in [3.05, 3.63) is 82.4 Å². The van der Waals surface area contributed by atoms with Gasteiger partial charge in [0.25, 0.3) is 0 Å². The van der Waals surface area contributed by atoms with E-state index in [1.807, 2.05) is 48.7 Å². The molecule has 4 rings (SSSR count). The fourth-order valence-electron chi connectivity index (χ4n) is 4.20. The highest BCUT2D eigenvalue weighted by molar-refractivity contribution is 7.80. The Kier molecular flexibility index (Phi) is 6.09. The van der Waals surface area contributed by atoms with Crippen LogP contribution in [0.4, 0.5) is 5.69 Å². The van der Waals surface area contributed by atoms with Gasteiger partial charge in [0, 0.05) is 41.9 Å². The zero-order chi connectivity index (χ0) is 21.3. The highest BCUT2D eigenvalue weighted by atomic mass is 35.5. The predicted octanol–water partition coefficient (Wildman–Crippen LogP) is 4.98. The summed E-state index contributed by atoms with van der Waals surface area (Å²) in [6, 6.07) is 16.0. The highest BCUT2D eigenvalue weighted by Crippen LogP contribution is 2.43. The van der Waals surface area contributed by atoms with Gasteiger partial charge in [-0.1, -0.05) is 17.7 Å². The molecule has 1 aromatic carbocycles. The molecule has 1 N–H and O–H groups in total. The lowest BCUT2D eigenvalue weighted by Crippen LogP contribution is -2.29. The van der Waals surface area contributed by atoms with E-state index in [-0.39, 0.29) is 12.1 Å². The van der Waals surface area contributed by atoms with Crippen molar-refractivity contribution in [1.82, 2.24) is 14.9 Å². The first-order chi connectivity index (χ1) is 14.5. The largest absolute Gasteiger partial charge is 0.383 e. The van der Waals surface area contributed by atoms with E-state index in [1.54, 1.807) is 7.11 Å². The molecule has 3 heterocycles. The van der Waals surface area contributed by atoms with Crippen molar-refractivity contribution in [2.24, 2.45) is 0 Å². The molecule has 0 amide bonds. The van der Waals surface area contributed by atoms with E-state index >= 15 is 0 Å². The third kappa shape index (κ3) is 3.83. The van der Waals surface area contributed by atoms with E-state index in [1.165, 1.54) is 17.0 Å². The van der Waals surface area contributed by atoms with Crippen LogP contribution in [0.1, 0.15) is 34.7 Å². The normalized spacial score (nSPS) is 18.7. The van der Waals surface area contributed by atoms with Crippen LogP contribution in [0.2, 0.25) is 5.02 Å². The van der Waals surface area contributed by atoms with Gasteiger partial charge >= 0.3 is 0 Å². The van der Waals surface area contributed by atoms with Crippen molar-refractivity contribution in [1.29, 1.82) is 0 Å². The van der Waals surface area contributed by atoms with Gasteiger partial charge in [-0.2, -0.15) is 0 Å². The molecular formula is C23H25ClN4OS. The van der Waals surface area contributed by atoms with Gasteiger partial charge in [-0.3, -0.25) is 4.98 Å². The minimum Gasteiger partial charge on any atom is -0.383 e. The van der Waals surface area contributed by atoms with Crippen LogP contribution in [0.25, 0.3) is 0 Å². The number of anilines is 1. The van der Waals surface area contributed by atoms with Crippen molar-refractivity contribution in [3.63, 3.8) is 0 Å². The van der Waals surface area contributed by atoms with Gasteiger partial charge in [0.05, 0.1) is 24.4 Å². The summed E-state index contributed by atoms with van der Waals surface area (Å²) in [6.07, 6.45) is 1.82. The molecule has 7 heteroatoms. The van der Waals surface area contributed by atoms with Gasteiger partial charge in [-0.15, -0.1) is 0 Å². The number of ether oxygens (including phenoxy) is 1. The minimum atomic E-state index is -0.0641. The standard InChI is InChI=1S/C23H25ClN4OS/c1-15-14-19(16(2)27(15)12-13-29-3)22-21(20-6-4-5-11-25-20)26-23(30)28(22)18-9-7-17(24)8-10-18/h4-11,14,21-22H,12-13H2,1-3H3,(H,26,30)/t21-,22-/m1/s1. The SMILES string of the molecule is COCCn1c(C)cc([C@@H]2[C@@H](c3ccccn3)NC(=S)N2c2ccc(Cl)cc2)c1C. The fourth-order valence-corrected chi connectivity index (χ4v) is 4.68. The van der Waals surface area contributed by atoms with E-state index in [2.05, 4.69) is 39.7 Å². The lowest BCUT2D eigenvalue weighted by Gasteiger charge is -2.28. The first kappa shape index (κ1) is 20.8. The quantitative estimate of drug-likeness (QED) is 0.548. The molecule has 156 valence electrons. The topological polar surface area (TPSA) is 42.3 Å². The molecule has 2 aromatic heterocycles.